The molecule has 0 spiro atoms. The first-order valence-electron chi connectivity index (χ1n) is 6.60. The van der Waals surface area contributed by atoms with E-state index in [2.05, 4.69) is 4.72 Å². The third-order valence-electron chi connectivity index (χ3n) is 3.48. The SMILES string of the molecule is O=S(=O)(N[C@@H]1C=Cc2ccccc2[C@H]1O)c1ccccc1. The van der Waals surface area contributed by atoms with Crippen LogP contribution in [-0.2, 0) is 10.0 Å². The summed E-state index contributed by atoms with van der Waals surface area (Å²) in [6.07, 6.45) is 2.60. The van der Waals surface area contributed by atoms with Gasteiger partial charge in [-0.2, -0.15) is 0 Å². The molecule has 2 N–H and O–H groups in total. The quantitative estimate of drug-likeness (QED) is 0.912. The van der Waals surface area contributed by atoms with Gasteiger partial charge in [-0.25, -0.2) is 13.1 Å². The highest BCUT2D eigenvalue weighted by Crippen LogP contribution is 2.28. The number of sulfonamides is 1. The first-order valence-corrected chi connectivity index (χ1v) is 8.09. The lowest BCUT2D eigenvalue weighted by Gasteiger charge is -2.26. The monoisotopic (exact) mass is 301 g/mol. The molecule has 0 aromatic heterocycles. The number of aliphatic hydroxyl groups is 1. The molecule has 3 rings (SSSR count). The molecule has 0 fully saturated rings. The van der Waals surface area contributed by atoms with Crippen LogP contribution in [0.2, 0.25) is 0 Å². The van der Waals surface area contributed by atoms with Crippen molar-refractivity contribution in [2.24, 2.45) is 0 Å². The van der Waals surface area contributed by atoms with Crippen LogP contribution in [0.25, 0.3) is 6.08 Å². The zero-order valence-corrected chi connectivity index (χ0v) is 12.0. The summed E-state index contributed by atoms with van der Waals surface area (Å²) in [7, 11) is -3.66. The van der Waals surface area contributed by atoms with E-state index < -0.39 is 22.2 Å². The molecule has 5 heteroatoms. The fraction of sp³-hybridized carbons (Fsp3) is 0.125. The van der Waals surface area contributed by atoms with E-state index in [-0.39, 0.29) is 4.90 Å². The first-order chi connectivity index (χ1) is 10.1. The molecule has 0 aliphatic heterocycles. The molecule has 0 heterocycles. The number of aliphatic hydroxyl groups excluding tert-OH is 1. The van der Waals surface area contributed by atoms with Crippen molar-refractivity contribution in [2.45, 2.75) is 17.0 Å². The van der Waals surface area contributed by atoms with Crippen molar-refractivity contribution in [3.8, 4) is 0 Å². The summed E-state index contributed by atoms with van der Waals surface area (Å²) in [5.41, 5.74) is 1.63. The molecule has 1 aliphatic rings. The molecule has 2 aromatic rings. The molecule has 0 saturated carbocycles. The van der Waals surface area contributed by atoms with Crippen LogP contribution in [-0.4, -0.2) is 19.6 Å². The molecule has 2 atom stereocenters. The van der Waals surface area contributed by atoms with Crippen molar-refractivity contribution in [1.82, 2.24) is 4.72 Å². The third-order valence-corrected chi connectivity index (χ3v) is 4.96. The van der Waals surface area contributed by atoms with E-state index in [1.807, 2.05) is 24.3 Å². The summed E-state index contributed by atoms with van der Waals surface area (Å²) in [6.45, 7) is 0. The van der Waals surface area contributed by atoms with Crippen molar-refractivity contribution in [2.75, 3.05) is 0 Å². The van der Waals surface area contributed by atoms with Gasteiger partial charge in [-0.15, -0.1) is 0 Å². The van der Waals surface area contributed by atoms with Gasteiger partial charge in [0.1, 0.15) is 0 Å². The van der Waals surface area contributed by atoms with Crippen molar-refractivity contribution in [3.63, 3.8) is 0 Å². The number of fused-ring (bicyclic) bond motifs is 1. The molecular formula is C16H15NO3S. The van der Waals surface area contributed by atoms with Crippen LogP contribution in [0.3, 0.4) is 0 Å². The third kappa shape index (κ3) is 2.76. The average Bonchev–Trinajstić information content (AvgIpc) is 2.51. The minimum Gasteiger partial charge on any atom is -0.386 e. The standard InChI is InChI=1S/C16H15NO3S/c18-16-14-9-5-4-6-12(14)10-11-15(16)17-21(19,20)13-7-2-1-3-8-13/h1-11,15-18H/t15-,16-/m1/s1. The fourth-order valence-electron chi connectivity index (χ4n) is 2.39. The molecule has 0 unspecified atom stereocenters. The lowest BCUT2D eigenvalue weighted by atomic mass is 9.92. The van der Waals surface area contributed by atoms with Crippen LogP contribution in [0.1, 0.15) is 17.2 Å². The molecule has 0 radical (unpaired) electrons. The topological polar surface area (TPSA) is 66.4 Å². The minimum absolute atomic E-state index is 0.185. The second-order valence-electron chi connectivity index (χ2n) is 4.89. The number of rotatable bonds is 3. The first kappa shape index (κ1) is 14.0. The average molecular weight is 301 g/mol. The summed E-state index contributed by atoms with van der Waals surface area (Å²) >= 11 is 0. The Morgan fingerprint density at radius 1 is 0.952 bits per heavy atom. The fourth-order valence-corrected chi connectivity index (χ4v) is 3.61. The Kier molecular flexibility index (Phi) is 3.63. The van der Waals surface area contributed by atoms with Gasteiger partial charge in [-0.1, -0.05) is 54.6 Å². The maximum absolute atomic E-state index is 12.3. The number of nitrogens with one attached hydrogen (secondary N) is 1. The molecule has 21 heavy (non-hydrogen) atoms. The lowest BCUT2D eigenvalue weighted by Crippen LogP contribution is -2.39. The second-order valence-corrected chi connectivity index (χ2v) is 6.61. The van der Waals surface area contributed by atoms with Gasteiger partial charge in [-0.3, -0.25) is 0 Å². The van der Waals surface area contributed by atoms with Gasteiger partial charge < -0.3 is 5.11 Å². The molecular weight excluding hydrogens is 286 g/mol. The molecule has 108 valence electrons. The Hall–Kier alpha value is -1.95. The number of benzene rings is 2. The molecule has 1 aliphatic carbocycles. The Morgan fingerprint density at radius 2 is 1.62 bits per heavy atom. The maximum Gasteiger partial charge on any atom is 0.241 e. The van der Waals surface area contributed by atoms with Crippen LogP contribution >= 0.6 is 0 Å². The lowest BCUT2D eigenvalue weighted by molar-refractivity contribution is 0.155. The van der Waals surface area contributed by atoms with Gasteiger partial charge >= 0.3 is 0 Å². The van der Waals surface area contributed by atoms with E-state index in [9.17, 15) is 13.5 Å². The highest BCUT2D eigenvalue weighted by atomic mass is 32.2. The smallest absolute Gasteiger partial charge is 0.241 e. The van der Waals surface area contributed by atoms with Crippen LogP contribution in [0.15, 0.2) is 65.6 Å². The van der Waals surface area contributed by atoms with Crippen molar-refractivity contribution in [3.05, 3.63) is 71.8 Å². The van der Waals surface area contributed by atoms with E-state index in [1.165, 1.54) is 12.1 Å². The summed E-state index contributed by atoms with van der Waals surface area (Å²) in [5.74, 6) is 0. The minimum atomic E-state index is -3.66. The van der Waals surface area contributed by atoms with Crippen molar-refractivity contribution in [1.29, 1.82) is 0 Å². The van der Waals surface area contributed by atoms with Gasteiger partial charge in [0.15, 0.2) is 0 Å². The van der Waals surface area contributed by atoms with Gasteiger partial charge in [0.2, 0.25) is 10.0 Å². The van der Waals surface area contributed by atoms with Crippen molar-refractivity contribution < 1.29 is 13.5 Å². The predicted molar refractivity (Wildman–Crippen MR) is 81.0 cm³/mol. The summed E-state index contributed by atoms with van der Waals surface area (Å²) < 4.78 is 27.1. The van der Waals surface area contributed by atoms with E-state index in [1.54, 1.807) is 30.3 Å². The summed E-state index contributed by atoms with van der Waals surface area (Å²) in [6, 6.07) is 14.8. The zero-order valence-electron chi connectivity index (χ0n) is 11.2. The second kappa shape index (κ2) is 5.44. The van der Waals surface area contributed by atoms with Gasteiger partial charge in [0.25, 0.3) is 0 Å². The largest absolute Gasteiger partial charge is 0.386 e. The van der Waals surface area contributed by atoms with Crippen molar-refractivity contribution >= 4 is 16.1 Å². The van der Waals surface area contributed by atoms with Gasteiger partial charge in [0, 0.05) is 0 Å². The van der Waals surface area contributed by atoms with Crippen LogP contribution < -0.4 is 4.72 Å². The predicted octanol–water partition coefficient (Wildman–Crippen LogP) is 2.09. The Bertz CT molecular complexity index is 769. The normalized spacial score (nSPS) is 21.0. The number of hydrogen-bond acceptors (Lipinski definition) is 3. The van der Waals surface area contributed by atoms with Gasteiger partial charge in [-0.05, 0) is 23.3 Å². The zero-order chi connectivity index (χ0) is 14.9. The Balaban J connectivity index is 1.87. The summed E-state index contributed by atoms with van der Waals surface area (Å²) in [5, 5.41) is 10.4. The molecule has 0 saturated heterocycles. The van der Waals surface area contributed by atoms with Crippen LogP contribution in [0.5, 0.6) is 0 Å². The summed E-state index contributed by atoms with van der Waals surface area (Å²) in [4.78, 5) is 0.185. The molecule has 0 bridgehead atoms. The van der Waals surface area contributed by atoms with E-state index >= 15 is 0 Å². The molecule has 4 nitrogen and oxygen atoms in total. The molecule has 2 aromatic carbocycles. The Morgan fingerprint density at radius 3 is 2.38 bits per heavy atom. The van der Waals surface area contributed by atoms with E-state index in [0.717, 1.165) is 11.1 Å². The highest BCUT2D eigenvalue weighted by Gasteiger charge is 2.28. The highest BCUT2D eigenvalue weighted by molar-refractivity contribution is 7.89. The number of hydrogen-bond donors (Lipinski definition) is 2. The molecule has 0 amide bonds. The van der Waals surface area contributed by atoms with Crippen LogP contribution in [0.4, 0.5) is 0 Å². The maximum atomic E-state index is 12.3. The van der Waals surface area contributed by atoms with E-state index in [4.69, 9.17) is 0 Å². The van der Waals surface area contributed by atoms with Crippen LogP contribution in [0, 0.1) is 0 Å². The van der Waals surface area contributed by atoms with E-state index in [0.29, 0.717) is 0 Å². The Labute approximate surface area is 123 Å². The van der Waals surface area contributed by atoms with Gasteiger partial charge in [0.05, 0.1) is 17.0 Å².